The van der Waals surface area contributed by atoms with Gasteiger partial charge in [-0.1, -0.05) is 6.92 Å². The van der Waals surface area contributed by atoms with Crippen LogP contribution in [0, 0.1) is 0 Å². The van der Waals surface area contributed by atoms with E-state index in [0.29, 0.717) is 0 Å². The number of hydrogen-bond acceptors (Lipinski definition) is 3. The van der Waals surface area contributed by atoms with E-state index in [9.17, 15) is 0 Å². The average Bonchev–Trinajstić information content (AvgIpc) is 2.39. The molecule has 10 heavy (non-hydrogen) atoms. The Hall–Kier alpha value is 0.270. The van der Waals surface area contributed by atoms with E-state index >= 15 is 0 Å². The second kappa shape index (κ2) is 7.38. The Kier molecular flexibility index (Phi) is 7.58. The molecule has 0 aliphatic carbocycles. The van der Waals surface area contributed by atoms with Gasteiger partial charge in [-0.3, -0.25) is 4.90 Å². The highest BCUT2D eigenvalue weighted by Gasteiger charge is 2.07. The molecule has 2 nitrogen and oxygen atoms in total. The molecule has 1 rings (SSSR count). The van der Waals surface area contributed by atoms with Gasteiger partial charge in [0.1, 0.15) is 0 Å². The first-order chi connectivity index (χ1) is 4.85. The Morgan fingerprint density at radius 2 is 1.80 bits per heavy atom. The van der Waals surface area contributed by atoms with E-state index in [1.54, 1.807) is 0 Å². The van der Waals surface area contributed by atoms with Gasteiger partial charge in [-0.2, -0.15) is 12.6 Å². The zero-order chi connectivity index (χ0) is 7.82. The monoisotopic (exact) mass is 162 g/mol. The van der Waals surface area contributed by atoms with E-state index in [0.717, 1.165) is 12.4 Å². The molecule has 1 aliphatic heterocycles. The molecule has 0 spiro atoms. The number of nitrogens with zero attached hydrogens (tertiary/aromatic N) is 1. The molecule has 0 saturated carbocycles. The van der Waals surface area contributed by atoms with Crippen LogP contribution < -0.4 is 5.73 Å². The minimum atomic E-state index is 0.750. The number of likely N-dealkylation sites (tertiary alicyclic amines) is 1. The van der Waals surface area contributed by atoms with Crippen LogP contribution >= 0.6 is 12.6 Å². The van der Waals surface area contributed by atoms with Crippen molar-refractivity contribution < 1.29 is 0 Å². The summed E-state index contributed by atoms with van der Waals surface area (Å²) >= 11 is 4.14. The summed E-state index contributed by atoms with van der Waals surface area (Å²) < 4.78 is 0. The van der Waals surface area contributed by atoms with Gasteiger partial charge in [-0.05, 0) is 32.5 Å². The van der Waals surface area contributed by atoms with Gasteiger partial charge in [0.25, 0.3) is 0 Å². The molecule has 1 aliphatic rings. The minimum Gasteiger partial charge on any atom is -0.331 e. The summed E-state index contributed by atoms with van der Waals surface area (Å²) in [6, 6.07) is 0. The molecule has 0 atom stereocenters. The maximum absolute atomic E-state index is 4.85. The summed E-state index contributed by atoms with van der Waals surface area (Å²) in [5.74, 6) is 0.944. The first kappa shape index (κ1) is 10.3. The third kappa shape index (κ3) is 5.09. The Morgan fingerprint density at radius 1 is 1.40 bits per heavy atom. The fourth-order valence-corrected chi connectivity index (χ4v) is 1.21. The molecule has 0 unspecified atom stereocenters. The van der Waals surface area contributed by atoms with E-state index in [2.05, 4.69) is 17.5 Å². The van der Waals surface area contributed by atoms with Crippen molar-refractivity contribution in [3.05, 3.63) is 0 Å². The molecule has 1 heterocycles. The van der Waals surface area contributed by atoms with Crippen LogP contribution in [0.25, 0.3) is 0 Å². The van der Waals surface area contributed by atoms with Crippen LogP contribution in [0.2, 0.25) is 0 Å². The van der Waals surface area contributed by atoms with Gasteiger partial charge in [0, 0.05) is 5.88 Å². The summed E-state index contributed by atoms with van der Waals surface area (Å²) in [5, 5.41) is 0. The van der Waals surface area contributed by atoms with E-state index in [1.165, 1.54) is 25.9 Å². The van der Waals surface area contributed by atoms with Crippen molar-refractivity contribution in [1.29, 1.82) is 0 Å². The van der Waals surface area contributed by atoms with Crippen LogP contribution in [0.3, 0.4) is 0 Å². The summed E-state index contributed by atoms with van der Waals surface area (Å²) in [5.41, 5.74) is 4.85. The second-order valence-electron chi connectivity index (χ2n) is 2.37. The zero-order valence-electron chi connectivity index (χ0n) is 6.71. The van der Waals surface area contributed by atoms with Crippen LogP contribution in [0.4, 0.5) is 0 Å². The summed E-state index contributed by atoms with van der Waals surface area (Å²) in [6.45, 7) is 5.19. The van der Waals surface area contributed by atoms with Crippen LogP contribution in [-0.4, -0.2) is 30.4 Å². The lowest BCUT2D eigenvalue weighted by molar-refractivity contribution is 0.402. The first-order valence-electron chi connectivity index (χ1n) is 3.88. The highest BCUT2D eigenvalue weighted by Crippen LogP contribution is 2.06. The Morgan fingerprint density at radius 3 is 2.00 bits per heavy atom. The standard InChI is InChI=1S/C5H11NS.C2H7N/c7-5-6-3-1-2-4-6;1-2-3/h7H,1-5H2;2-3H2,1H3. The molecule has 3 heteroatoms. The van der Waals surface area contributed by atoms with Crippen LogP contribution in [0.5, 0.6) is 0 Å². The first-order valence-corrected chi connectivity index (χ1v) is 4.51. The van der Waals surface area contributed by atoms with Crippen molar-refractivity contribution >= 4 is 12.6 Å². The fourth-order valence-electron chi connectivity index (χ4n) is 0.924. The number of hydrogen-bond donors (Lipinski definition) is 2. The lowest BCUT2D eigenvalue weighted by Gasteiger charge is -2.07. The molecule has 0 aromatic carbocycles. The van der Waals surface area contributed by atoms with Gasteiger partial charge < -0.3 is 5.73 Å². The Balaban J connectivity index is 0.000000236. The molecule has 1 fully saturated rings. The lowest BCUT2D eigenvalue weighted by atomic mass is 10.4. The van der Waals surface area contributed by atoms with Gasteiger partial charge >= 0.3 is 0 Å². The van der Waals surface area contributed by atoms with Gasteiger partial charge in [-0.15, -0.1) is 0 Å². The normalized spacial score (nSPS) is 18.3. The van der Waals surface area contributed by atoms with E-state index < -0.39 is 0 Å². The van der Waals surface area contributed by atoms with Crippen molar-refractivity contribution in [2.24, 2.45) is 5.73 Å². The quantitative estimate of drug-likeness (QED) is 0.562. The molecule has 0 amide bonds. The van der Waals surface area contributed by atoms with Crippen LogP contribution in [0.1, 0.15) is 19.8 Å². The maximum atomic E-state index is 4.85. The third-order valence-electron chi connectivity index (χ3n) is 1.40. The molecule has 0 aromatic rings. The number of nitrogens with two attached hydrogens (primary N) is 1. The summed E-state index contributed by atoms with van der Waals surface area (Å²) in [7, 11) is 0. The van der Waals surface area contributed by atoms with Gasteiger partial charge in [0.2, 0.25) is 0 Å². The molecule has 0 aromatic heterocycles. The largest absolute Gasteiger partial charge is 0.331 e. The third-order valence-corrected chi connectivity index (χ3v) is 1.80. The lowest BCUT2D eigenvalue weighted by Crippen LogP contribution is -2.16. The minimum absolute atomic E-state index is 0.750. The van der Waals surface area contributed by atoms with Crippen molar-refractivity contribution in [2.45, 2.75) is 19.8 Å². The molecule has 0 radical (unpaired) electrons. The molecule has 62 valence electrons. The molecular weight excluding hydrogens is 144 g/mol. The highest BCUT2D eigenvalue weighted by atomic mass is 32.1. The zero-order valence-corrected chi connectivity index (χ0v) is 7.61. The number of thiol groups is 1. The Bertz CT molecular complexity index is 62.6. The maximum Gasteiger partial charge on any atom is 0.0414 e. The van der Waals surface area contributed by atoms with Crippen molar-refractivity contribution in [3.8, 4) is 0 Å². The van der Waals surface area contributed by atoms with Crippen LogP contribution in [-0.2, 0) is 0 Å². The van der Waals surface area contributed by atoms with Gasteiger partial charge in [0.15, 0.2) is 0 Å². The molecule has 2 N–H and O–H groups in total. The Labute approximate surface area is 69.2 Å². The highest BCUT2D eigenvalue weighted by molar-refractivity contribution is 7.80. The molecule has 1 saturated heterocycles. The van der Waals surface area contributed by atoms with E-state index in [4.69, 9.17) is 5.73 Å². The fraction of sp³-hybridized carbons (Fsp3) is 1.00. The van der Waals surface area contributed by atoms with Crippen molar-refractivity contribution in [2.75, 3.05) is 25.5 Å². The average molecular weight is 162 g/mol. The van der Waals surface area contributed by atoms with Gasteiger partial charge in [-0.25, -0.2) is 0 Å². The predicted octanol–water partition coefficient (Wildman–Crippen LogP) is 0.935. The van der Waals surface area contributed by atoms with E-state index in [-0.39, 0.29) is 0 Å². The molecule has 0 bridgehead atoms. The topological polar surface area (TPSA) is 29.3 Å². The van der Waals surface area contributed by atoms with Crippen molar-refractivity contribution in [3.63, 3.8) is 0 Å². The van der Waals surface area contributed by atoms with Crippen LogP contribution in [0.15, 0.2) is 0 Å². The summed E-state index contributed by atoms with van der Waals surface area (Å²) in [6.07, 6.45) is 2.75. The predicted molar refractivity (Wildman–Crippen MR) is 49.4 cm³/mol. The second-order valence-corrected chi connectivity index (χ2v) is 2.66. The SMILES string of the molecule is CCN.SCN1CCCC1. The smallest absolute Gasteiger partial charge is 0.0414 e. The molecular formula is C7H18N2S. The summed E-state index contributed by atoms with van der Waals surface area (Å²) in [4.78, 5) is 2.35. The van der Waals surface area contributed by atoms with Crippen molar-refractivity contribution in [1.82, 2.24) is 4.90 Å². The number of rotatable bonds is 1. The van der Waals surface area contributed by atoms with Gasteiger partial charge in [0.05, 0.1) is 0 Å². The van der Waals surface area contributed by atoms with E-state index in [1.807, 2.05) is 6.92 Å².